The fourth-order valence-corrected chi connectivity index (χ4v) is 3.22. The third-order valence-electron chi connectivity index (χ3n) is 3.98. The maximum absolute atomic E-state index is 12.1. The first kappa shape index (κ1) is 20.2. The van der Waals surface area contributed by atoms with E-state index in [1.807, 2.05) is 0 Å². The van der Waals surface area contributed by atoms with Gasteiger partial charge in [-0.2, -0.15) is 0 Å². The number of hydrogen-bond donors (Lipinski definition) is 3. The molecule has 0 aliphatic heterocycles. The predicted molar refractivity (Wildman–Crippen MR) is 111 cm³/mol. The van der Waals surface area contributed by atoms with E-state index in [1.165, 1.54) is 36.6 Å². The fourth-order valence-electron chi connectivity index (χ4n) is 2.48. The first-order chi connectivity index (χ1) is 13.9. The Morgan fingerprint density at radius 1 is 1.10 bits per heavy atom. The van der Waals surface area contributed by atoms with Crippen LogP contribution in [0.4, 0.5) is 10.8 Å². The van der Waals surface area contributed by atoms with Crippen LogP contribution >= 0.6 is 11.3 Å². The molecule has 0 saturated heterocycles. The van der Waals surface area contributed by atoms with Crippen molar-refractivity contribution in [1.29, 1.82) is 0 Å². The monoisotopic (exact) mass is 410 g/mol. The van der Waals surface area contributed by atoms with E-state index >= 15 is 0 Å². The van der Waals surface area contributed by atoms with Gasteiger partial charge in [-0.3, -0.25) is 24.5 Å². The number of nitrogens with one attached hydrogen (secondary N) is 3. The van der Waals surface area contributed by atoms with Gasteiger partial charge in [-0.25, -0.2) is 4.98 Å². The van der Waals surface area contributed by atoms with Crippen molar-refractivity contribution >= 4 is 39.8 Å². The van der Waals surface area contributed by atoms with E-state index in [0.717, 1.165) is 0 Å². The Hall–Kier alpha value is -3.59. The highest BCUT2D eigenvalue weighted by Crippen LogP contribution is 2.18. The molecule has 8 nitrogen and oxygen atoms in total. The molecule has 0 radical (unpaired) electrons. The Kier molecular flexibility index (Phi) is 6.30. The number of ketones is 1. The van der Waals surface area contributed by atoms with Crippen molar-refractivity contribution in [3.63, 3.8) is 0 Å². The average molecular weight is 410 g/mol. The van der Waals surface area contributed by atoms with E-state index in [1.54, 1.807) is 29.6 Å². The molecule has 9 heteroatoms. The maximum Gasteiger partial charge on any atom is 0.258 e. The number of rotatable bonds is 7. The van der Waals surface area contributed by atoms with Gasteiger partial charge >= 0.3 is 0 Å². The molecule has 3 N–H and O–H groups in total. The molecule has 0 atom stereocenters. The molecule has 2 amide bonds. The van der Waals surface area contributed by atoms with Gasteiger partial charge < -0.3 is 10.3 Å². The highest BCUT2D eigenvalue weighted by molar-refractivity contribution is 7.14. The van der Waals surface area contributed by atoms with E-state index in [2.05, 4.69) is 20.6 Å². The average Bonchev–Trinajstić information content (AvgIpc) is 3.14. The van der Waals surface area contributed by atoms with Crippen LogP contribution < -0.4 is 16.2 Å². The number of thiazole rings is 1. The van der Waals surface area contributed by atoms with Gasteiger partial charge in [0.25, 0.3) is 5.91 Å². The van der Waals surface area contributed by atoms with E-state index in [0.29, 0.717) is 34.1 Å². The van der Waals surface area contributed by atoms with Crippen molar-refractivity contribution in [2.45, 2.75) is 19.8 Å². The lowest BCUT2D eigenvalue weighted by Gasteiger charge is -2.05. The zero-order chi connectivity index (χ0) is 20.8. The van der Waals surface area contributed by atoms with E-state index in [4.69, 9.17) is 0 Å². The van der Waals surface area contributed by atoms with Gasteiger partial charge in [-0.1, -0.05) is 12.1 Å². The highest BCUT2D eigenvalue weighted by atomic mass is 32.1. The molecule has 1 aromatic carbocycles. The first-order valence-corrected chi connectivity index (χ1v) is 9.64. The van der Waals surface area contributed by atoms with Gasteiger partial charge in [0, 0.05) is 35.3 Å². The van der Waals surface area contributed by atoms with Crippen molar-refractivity contribution in [3.8, 4) is 0 Å². The van der Waals surface area contributed by atoms with Gasteiger partial charge in [0.1, 0.15) is 0 Å². The summed E-state index contributed by atoms with van der Waals surface area (Å²) in [7, 11) is 0. The van der Waals surface area contributed by atoms with Crippen LogP contribution in [0.5, 0.6) is 0 Å². The Morgan fingerprint density at radius 2 is 1.93 bits per heavy atom. The number of amides is 2. The molecule has 0 fully saturated rings. The highest BCUT2D eigenvalue weighted by Gasteiger charge is 2.11. The number of aryl methyl sites for hydroxylation is 1. The summed E-state index contributed by atoms with van der Waals surface area (Å²) in [4.78, 5) is 53.5. The minimum atomic E-state index is -0.384. The quantitative estimate of drug-likeness (QED) is 0.517. The molecule has 2 aromatic heterocycles. The number of pyridine rings is 1. The predicted octanol–water partition coefficient (Wildman–Crippen LogP) is 2.86. The number of Topliss-reactive ketones (excluding diaryl/α,β-unsaturated/α-hetero) is 1. The first-order valence-electron chi connectivity index (χ1n) is 8.76. The van der Waals surface area contributed by atoms with Gasteiger partial charge in [0.15, 0.2) is 10.9 Å². The van der Waals surface area contributed by atoms with Crippen molar-refractivity contribution in [2.24, 2.45) is 0 Å². The summed E-state index contributed by atoms with van der Waals surface area (Å²) < 4.78 is 0. The van der Waals surface area contributed by atoms with Crippen LogP contribution in [0.1, 0.15) is 39.8 Å². The molecule has 0 bridgehead atoms. The lowest BCUT2D eigenvalue weighted by molar-refractivity contribution is -0.116. The number of carbonyl (C=O) groups excluding carboxylic acids is 3. The Labute approximate surface area is 170 Å². The summed E-state index contributed by atoms with van der Waals surface area (Å²) in [6.45, 7) is 1.47. The van der Waals surface area contributed by atoms with E-state index in [-0.39, 0.29) is 29.6 Å². The summed E-state index contributed by atoms with van der Waals surface area (Å²) in [6, 6.07) is 9.45. The summed E-state index contributed by atoms with van der Waals surface area (Å²) in [5, 5.41) is 7.59. The van der Waals surface area contributed by atoms with Crippen LogP contribution in [0.15, 0.2) is 52.8 Å². The second kappa shape index (κ2) is 9.07. The molecule has 0 aliphatic carbocycles. The Balaban J connectivity index is 1.52. The summed E-state index contributed by atoms with van der Waals surface area (Å²) in [5.41, 5.74) is 1.80. The fraction of sp³-hybridized carbons (Fsp3) is 0.150. The van der Waals surface area contributed by atoms with Gasteiger partial charge in [0.05, 0.1) is 11.3 Å². The molecule has 0 saturated carbocycles. The lowest BCUT2D eigenvalue weighted by atomic mass is 10.1. The third kappa shape index (κ3) is 5.69. The molecule has 148 valence electrons. The Morgan fingerprint density at radius 3 is 2.66 bits per heavy atom. The lowest BCUT2D eigenvalue weighted by Crippen LogP contribution is -2.14. The van der Waals surface area contributed by atoms with Gasteiger partial charge in [-0.15, -0.1) is 11.3 Å². The van der Waals surface area contributed by atoms with Crippen LogP contribution in [0.25, 0.3) is 0 Å². The number of aromatic nitrogens is 2. The molecular weight excluding hydrogens is 392 g/mol. The van der Waals surface area contributed by atoms with Crippen molar-refractivity contribution < 1.29 is 14.4 Å². The normalized spacial score (nSPS) is 10.4. The third-order valence-corrected chi connectivity index (χ3v) is 4.79. The topological polar surface area (TPSA) is 121 Å². The zero-order valence-corrected chi connectivity index (χ0v) is 16.3. The second-order valence-electron chi connectivity index (χ2n) is 6.22. The standard InChI is InChI=1S/C20H18N4O4S/c1-12(25)13-3-2-4-15(9-13)22-18(27)8-6-16-11-29-20(23-16)24-19(28)14-5-7-17(26)21-10-14/h2-5,7,9-11H,6,8H2,1H3,(H,21,26)(H,22,27)(H,23,24,28). The second-order valence-corrected chi connectivity index (χ2v) is 7.08. The molecule has 0 spiro atoms. The van der Waals surface area contributed by atoms with Gasteiger partial charge in [0.2, 0.25) is 11.5 Å². The zero-order valence-electron chi connectivity index (χ0n) is 15.5. The minimum absolute atomic E-state index is 0.0694. The van der Waals surface area contributed by atoms with Crippen LogP contribution in [-0.2, 0) is 11.2 Å². The van der Waals surface area contributed by atoms with E-state index < -0.39 is 0 Å². The molecule has 2 heterocycles. The summed E-state index contributed by atoms with van der Waals surface area (Å²) in [6.07, 6.45) is 1.95. The maximum atomic E-state index is 12.1. The number of nitrogens with zero attached hydrogens (tertiary/aromatic N) is 1. The van der Waals surface area contributed by atoms with Crippen LogP contribution in [0.2, 0.25) is 0 Å². The molecular formula is C20H18N4O4S. The van der Waals surface area contributed by atoms with Crippen LogP contribution in [0.3, 0.4) is 0 Å². The molecule has 29 heavy (non-hydrogen) atoms. The van der Waals surface area contributed by atoms with Crippen molar-refractivity contribution in [2.75, 3.05) is 10.6 Å². The summed E-state index contributed by atoms with van der Waals surface area (Å²) >= 11 is 1.25. The van der Waals surface area contributed by atoms with E-state index in [9.17, 15) is 19.2 Å². The SMILES string of the molecule is CC(=O)c1cccc(NC(=O)CCc2csc(NC(=O)c3ccc(=O)[nH]c3)n2)c1. The number of carbonyl (C=O) groups is 3. The largest absolute Gasteiger partial charge is 0.328 e. The van der Waals surface area contributed by atoms with Gasteiger partial charge in [-0.05, 0) is 31.5 Å². The molecule has 0 aliphatic rings. The summed E-state index contributed by atoms with van der Waals surface area (Å²) in [5.74, 6) is -0.650. The van der Waals surface area contributed by atoms with Crippen LogP contribution in [-0.4, -0.2) is 27.6 Å². The minimum Gasteiger partial charge on any atom is -0.328 e. The Bertz CT molecular complexity index is 1100. The number of H-pyrrole nitrogens is 1. The molecule has 0 unspecified atom stereocenters. The van der Waals surface area contributed by atoms with Crippen molar-refractivity contribution in [1.82, 2.24) is 9.97 Å². The number of anilines is 2. The number of benzene rings is 1. The van der Waals surface area contributed by atoms with Crippen molar-refractivity contribution in [3.05, 3.63) is 75.1 Å². The van der Waals surface area contributed by atoms with Crippen LogP contribution in [0, 0.1) is 0 Å². The molecule has 3 aromatic rings. The number of aromatic amines is 1. The smallest absolute Gasteiger partial charge is 0.258 e. The number of hydrogen-bond acceptors (Lipinski definition) is 6. The molecule has 3 rings (SSSR count).